The summed E-state index contributed by atoms with van der Waals surface area (Å²) >= 11 is 1.42. The summed E-state index contributed by atoms with van der Waals surface area (Å²) in [4.78, 5) is 31.6. The Bertz CT molecular complexity index is 1290. The number of thioether (sulfide) groups is 1. The highest BCUT2D eigenvalue weighted by atomic mass is 32.2. The van der Waals surface area contributed by atoms with Crippen molar-refractivity contribution in [3.05, 3.63) is 76.3 Å². The number of benzene rings is 2. The number of carbonyl (C=O) groups excluding carboxylic acids is 1. The van der Waals surface area contributed by atoms with Crippen LogP contribution in [0, 0.1) is 0 Å². The molecule has 4 rings (SSSR count). The number of amides is 1. The summed E-state index contributed by atoms with van der Waals surface area (Å²) in [7, 11) is 0. The average molecular weight is 462 g/mol. The maximum atomic E-state index is 13.2. The fourth-order valence-corrected chi connectivity index (χ4v) is 5.14. The highest BCUT2D eigenvalue weighted by Crippen LogP contribution is 2.36. The first kappa shape index (κ1) is 22.9. The standard InChI is InChI=1S/C26H27N3O3S/c1-16(2)27-26-29(17(3)4)24(30)23(33-26)13-20-15-28(22-11-6-5-10-21(20)22)14-18-8-7-9-19(12-18)25(31)32/h5-13,15-17H,14H2,1-4H3,(H,31,32)/b23-13+,27-26?. The second-order valence-corrected chi connectivity index (χ2v) is 9.63. The van der Waals surface area contributed by atoms with Gasteiger partial charge < -0.3 is 9.67 Å². The Morgan fingerprint density at radius 3 is 2.58 bits per heavy atom. The molecule has 3 aromatic rings. The topological polar surface area (TPSA) is 74.9 Å². The highest BCUT2D eigenvalue weighted by Gasteiger charge is 2.35. The zero-order valence-electron chi connectivity index (χ0n) is 19.1. The van der Waals surface area contributed by atoms with E-state index in [4.69, 9.17) is 0 Å². The number of carboxylic acid groups (broad SMARTS) is 1. The molecule has 1 aromatic heterocycles. The minimum absolute atomic E-state index is 0.0243. The molecule has 0 unspecified atom stereocenters. The van der Waals surface area contributed by atoms with Crippen molar-refractivity contribution in [2.24, 2.45) is 4.99 Å². The number of hydrogen-bond donors (Lipinski definition) is 1. The fraction of sp³-hybridized carbons (Fsp3) is 0.269. The monoisotopic (exact) mass is 461 g/mol. The van der Waals surface area contributed by atoms with Gasteiger partial charge in [0, 0.05) is 41.3 Å². The van der Waals surface area contributed by atoms with Gasteiger partial charge in [-0.25, -0.2) is 4.79 Å². The Hall–Kier alpha value is -3.32. The quantitative estimate of drug-likeness (QED) is 0.494. The third-order valence-electron chi connectivity index (χ3n) is 5.35. The van der Waals surface area contributed by atoms with Gasteiger partial charge >= 0.3 is 5.97 Å². The smallest absolute Gasteiger partial charge is 0.335 e. The molecule has 1 N–H and O–H groups in total. The first-order chi connectivity index (χ1) is 15.7. The van der Waals surface area contributed by atoms with Gasteiger partial charge in [0.15, 0.2) is 5.17 Å². The van der Waals surface area contributed by atoms with E-state index >= 15 is 0 Å². The molecule has 0 spiro atoms. The molecule has 2 heterocycles. The largest absolute Gasteiger partial charge is 0.478 e. The molecule has 7 heteroatoms. The van der Waals surface area contributed by atoms with Gasteiger partial charge in [0.05, 0.1) is 10.5 Å². The van der Waals surface area contributed by atoms with Crippen LogP contribution in [0.15, 0.2) is 64.6 Å². The van der Waals surface area contributed by atoms with Crippen molar-refractivity contribution < 1.29 is 14.7 Å². The summed E-state index contributed by atoms with van der Waals surface area (Å²) in [5, 5.41) is 11.1. The van der Waals surface area contributed by atoms with Gasteiger partial charge in [-0.1, -0.05) is 30.3 Å². The maximum absolute atomic E-state index is 13.2. The van der Waals surface area contributed by atoms with Crippen LogP contribution in [0.1, 0.15) is 49.2 Å². The first-order valence-corrected chi connectivity index (χ1v) is 11.8. The van der Waals surface area contributed by atoms with Crippen molar-refractivity contribution in [1.82, 2.24) is 9.47 Å². The molecule has 1 amide bonds. The number of nitrogens with zero attached hydrogens (tertiary/aromatic N) is 3. The lowest BCUT2D eigenvalue weighted by Gasteiger charge is -2.20. The van der Waals surface area contributed by atoms with Crippen molar-refractivity contribution in [2.75, 3.05) is 0 Å². The van der Waals surface area contributed by atoms with Crippen molar-refractivity contribution in [3.63, 3.8) is 0 Å². The molecule has 170 valence electrons. The van der Waals surface area contributed by atoms with Gasteiger partial charge in [-0.05, 0) is 69.3 Å². The van der Waals surface area contributed by atoms with Gasteiger partial charge in [0.2, 0.25) is 0 Å². The Labute approximate surface area is 197 Å². The SMILES string of the molecule is CC(C)N=C1S/C(=C/c2cn(Cc3cccc(C(=O)O)c3)c3ccccc23)C(=O)N1C(C)C. The van der Waals surface area contributed by atoms with Crippen molar-refractivity contribution in [1.29, 1.82) is 0 Å². The van der Waals surface area contributed by atoms with E-state index in [1.807, 2.05) is 70.3 Å². The lowest BCUT2D eigenvalue weighted by molar-refractivity contribution is -0.123. The molecule has 2 aromatic carbocycles. The van der Waals surface area contributed by atoms with E-state index in [0.29, 0.717) is 11.4 Å². The summed E-state index contributed by atoms with van der Waals surface area (Å²) in [5.74, 6) is -0.967. The number of fused-ring (bicyclic) bond motifs is 1. The van der Waals surface area contributed by atoms with Crippen LogP contribution < -0.4 is 0 Å². The number of aromatic nitrogens is 1. The van der Waals surface area contributed by atoms with Gasteiger partial charge in [-0.3, -0.25) is 14.7 Å². The Morgan fingerprint density at radius 1 is 1.12 bits per heavy atom. The molecule has 1 fully saturated rings. The number of carboxylic acids is 1. The van der Waals surface area contributed by atoms with Crippen molar-refractivity contribution >= 4 is 45.8 Å². The third-order valence-corrected chi connectivity index (χ3v) is 6.35. The molecule has 0 aliphatic carbocycles. The molecule has 0 saturated carbocycles. The zero-order chi connectivity index (χ0) is 23.7. The minimum atomic E-state index is -0.940. The summed E-state index contributed by atoms with van der Waals surface area (Å²) in [6.45, 7) is 8.53. The molecule has 33 heavy (non-hydrogen) atoms. The molecule has 0 atom stereocenters. The fourth-order valence-electron chi connectivity index (χ4n) is 3.91. The Kier molecular flexibility index (Phi) is 6.42. The molecule has 1 saturated heterocycles. The van der Waals surface area contributed by atoms with E-state index in [2.05, 4.69) is 9.56 Å². The van der Waals surface area contributed by atoms with Crippen LogP contribution in [0.3, 0.4) is 0 Å². The van der Waals surface area contributed by atoms with Crippen LogP contribution in [0.5, 0.6) is 0 Å². The maximum Gasteiger partial charge on any atom is 0.335 e. The van der Waals surface area contributed by atoms with Crippen molar-refractivity contribution in [3.8, 4) is 0 Å². The number of aliphatic imine (C=N–C) groups is 1. The average Bonchev–Trinajstić information content (AvgIpc) is 3.25. The predicted octanol–water partition coefficient (Wildman–Crippen LogP) is 5.48. The number of rotatable bonds is 6. The summed E-state index contributed by atoms with van der Waals surface area (Å²) in [5.41, 5.74) is 3.14. The predicted molar refractivity (Wildman–Crippen MR) is 135 cm³/mol. The van der Waals surface area contributed by atoms with Crippen LogP contribution in [0.25, 0.3) is 17.0 Å². The molecule has 1 aliphatic heterocycles. The Morgan fingerprint density at radius 2 is 1.88 bits per heavy atom. The van der Waals surface area contributed by atoms with Crippen LogP contribution in [0.4, 0.5) is 0 Å². The number of hydrogen-bond acceptors (Lipinski definition) is 4. The normalized spacial score (nSPS) is 16.8. The molecule has 1 aliphatic rings. The molecular weight excluding hydrogens is 434 g/mol. The van der Waals surface area contributed by atoms with Crippen LogP contribution in [-0.4, -0.2) is 43.7 Å². The van der Waals surface area contributed by atoms with Crippen LogP contribution in [-0.2, 0) is 11.3 Å². The molecule has 6 nitrogen and oxygen atoms in total. The Balaban J connectivity index is 1.74. The van der Waals surface area contributed by atoms with E-state index in [9.17, 15) is 14.7 Å². The summed E-state index contributed by atoms with van der Waals surface area (Å²) in [6.07, 6.45) is 3.97. The van der Waals surface area contributed by atoms with Gasteiger partial charge in [0.1, 0.15) is 0 Å². The second kappa shape index (κ2) is 9.27. The number of aromatic carboxylic acids is 1. The van der Waals surface area contributed by atoms with Gasteiger partial charge in [-0.2, -0.15) is 0 Å². The van der Waals surface area contributed by atoms with E-state index in [1.54, 1.807) is 23.1 Å². The van der Waals surface area contributed by atoms with E-state index < -0.39 is 5.97 Å². The highest BCUT2D eigenvalue weighted by molar-refractivity contribution is 8.18. The van der Waals surface area contributed by atoms with E-state index in [1.165, 1.54) is 11.8 Å². The first-order valence-electron chi connectivity index (χ1n) is 11.0. The van der Waals surface area contributed by atoms with E-state index in [0.717, 1.165) is 27.2 Å². The zero-order valence-corrected chi connectivity index (χ0v) is 20.0. The summed E-state index contributed by atoms with van der Waals surface area (Å²) < 4.78 is 2.09. The van der Waals surface area contributed by atoms with Gasteiger partial charge in [-0.15, -0.1) is 0 Å². The summed E-state index contributed by atoms with van der Waals surface area (Å²) in [6, 6.07) is 15.1. The molecule has 0 bridgehead atoms. The van der Waals surface area contributed by atoms with E-state index in [-0.39, 0.29) is 23.6 Å². The molecular formula is C26H27N3O3S. The van der Waals surface area contributed by atoms with Crippen LogP contribution >= 0.6 is 11.8 Å². The van der Waals surface area contributed by atoms with Crippen LogP contribution in [0.2, 0.25) is 0 Å². The lowest BCUT2D eigenvalue weighted by atomic mass is 10.1. The lowest BCUT2D eigenvalue weighted by Crippen LogP contribution is -2.35. The third kappa shape index (κ3) is 4.73. The number of carbonyl (C=O) groups is 2. The number of amidine groups is 1. The second-order valence-electron chi connectivity index (χ2n) is 8.62. The number of para-hydroxylation sites is 1. The molecule has 0 radical (unpaired) electrons. The minimum Gasteiger partial charge on any atom is -0.478 e. The van der Waals surface area contributed by atoms with Gasteiger partial charge in [0.25, 0.3) is 5.91 Å². The van der Waals surface area contributed by atoms with Crippen molar-refractivity contribution in [2.45, 2.75) is 46.3 Å².